The van der Waals surface area contributed by atoms with Crippen LogP contribution in [0.3, 0.4) is 0 Å². The molecule has 3 rings (SSSR count). The summed E-state index contributed by atoms with van der Waals surface area (Å²) in [6, 6.07) is 9.88. The molecule has 1 unspecified atom stereocenters. The third kappa shape index (κ3) is 3.32. The van der Waals surface area contributed by atoms with Crippen molar-refractivity contribution < 1.29 is 4.74 Å². The summed E-state index contributed by atoms with van der Waals surface area (Å²) in [6.07, 6.45) is 0.791. The van der Waals surface area contributed by atoms with E-state index in [9.17, 15) is 10.5 Å². The number of rotatable bonds is 4. The summed E-state index contributed by atoms with van der Waals surface area (Å²) >= 11 is 1.57. The number of nitrogens with one attached hydrogen (secondary N) is 1. The Balaban J connectivity index is 2.30. The lowest BCUT2D eigenvalue weighted by atomic mass is 9.80. The Morgan fingerprint density at radius 1 is 1.26 bits per heavy atom. The van der Waals surface area contributed by atoms with E-state index in [1.165, 1.54) is 0 Å². The third-order valence-corrected chi connectivity index (χ3v) is 5.64. The van der Waals surface area contributed by atoms with Crippen LogP contribution in [0.4, 0.5) is 0 Å². The molecule has 0 saturated heterocycles. The second kappa shape index (κ2) is 7.65. The van der Waals surface area contributed by atoms with Gasteiger partial charge in [-0.15, -0.1) is 11.3 Å². The number of nitrogens with zero attached hydrogens (tertiary/aromatic N) is 3. The molecule has 2 heterocycles. The third-order valence-electron chi connectivity index (χ3n) is 4.64. The van der Waals surface area contributed by atoms with E-state index in [-0.39, 0.29) is 5.92 Å². The molecular formula is C21H20N4OS. The van der Waals surface area contributed by atoms with Gasteiger partial charge in [0.25, 0.3) is 0 Å². The number of methoxy groups -OCH3 is 1. The molecule has 1 atom stereocenters. The summed E-state index contributed by atoms with van der Waals surface area (Å²) in [5.74, 6) is 0.308. The van der Waals surface area contributed by atoms with E-state index in [0.29, 0.717) is 16.9 Å². The Morgan fingerprint density at radius 2 is 2.04 bits per heavy atom. The maximum absolute atomic E-state index is 9.91. The fourth-order valence-electron chi connectivity index (χ4n) is 3.38. The van der Waals surface area contributed by atoms with Crippen molar-refractivity contribution in [1.82, 2.24) is 10.3 Å². The maximum Gasteiger partial charge on any atom is 0.124 e. The first-order valence-electron chi connectivity index (χ1n) is 8.65. The van der Waals surface area contributed by atoms with Crippen molar-refractivity contribution in [3.05, 3.63) is 62.4 Å². The molecule has 5 nitrogen and oxygen atoms in total. The number of dihydropyridines is 1. The molecule has 1 N–H and O–H groups in total. The van der Waals surface area contributed by atoms with Crippen LogP contribution in [0, 0.1) is 29.6 Å². The number of aryl methyl sites for hydroxylation is 1. The molecule has 0 saturated carbocycles. The number of thiazole rings is 1. The van der Waals surface area contributed by atoms with Crippen molar-refractivity contribution in [2.24, 2.45) is 0 Å². The van der Waals surface area contributed by atoms with Crippen LogP contribution in [0.2, 0.25) is 0 Å². The van der Waals surface area contributed by atoms with E-state index in [0.717, 1.165) is 39.7 Å². The Bertz CT molecular complexity index is 1030. The van der Waals surface area contributed by atoms with Gasteiger partial charge in [0.1, 0.15) is 10.8 Å². The smallest absolute Gasteiger partial charge is 0.124 e. The lowest BCUT2D eigenvalue weighted by Crippen LogP contribution is -2.24. The molecule has 27 heavy (non-hydrogen) atoms. The van der Waals surface area contributed by atoms with Crippen LogP contribution < -0.4 is 10.1 Å². The summed E-state index contributed by atoms with van der Waals surface area (Å²) in [4.78, 5) is 4.69. The summed E-state index contributed by atoms with van der Waals surface area (Å²) < 4.78 is 5.58. The minimum Gasteiger partial charge on any atom is -0.496 e. The molecule has 136 valence electrons. The molecule has 6 heteroatoms. The van der Waals surface area contributed by atoms with Crippen molar-refractivity contribution >= 4 is 16.9 Å². The first kappa shape index (κ1) is 18.7. The molecule has 1 aliphatic heterocycles. The molecule has 1 aromatic heterocycles. The highest BCUT2D eigenvalue weighted by atomic mass is 32.1. The molecule has 0 bridgehead atoms. The number of allylic oxidation sites excluding steroid dienone is 4. The average molecular weight is 376 g/mol. The summed E-state index contributed by atoms with van der Waals surface area (Å²) in [5, 5.41) is 25.4. The predicted octanol–water partition coefficient (Wildman–Crippen LogP) is 4.64. The van der Waals surface area contributed by atoms with Gasteiger partial charge < -0.3 is 10.1 Å². The zero-order chi connectivity index (χ0) is 19.6. The summed E-state index contributed by atoms with van der Waals surface area (Å²) in [6.45, 7) is 5.97. The maximum atomic E-state index is 9.91. The highest BCUT2D eigenvalue weighted by molar-refractivity contribution is 7.10. The summed E-state index contributed by atoms with van der Waals surface area (Å²) in [5.41, 5.74) is 5.87. The average Bonchev–Trinajstić information content (AvgIpc) is 3.12. The minimum atomic E-state index is -0.292. The molecule has 0 amide bonds. The molecule has 0 fully saturated rings. The predicted molar refractivity (Wildman–Crippen MR) is 106 cm³/mol. The van der Waals surface area contributed by atoms with Crippen LogP contribution in [0.5, 0.6) is 5.75 Å². The van der Waals surface area contributed by atoms with Gasteiger partial charge in [-0.3, -0.25) is 0 Å². The molecular weight excluding hydrogens is 356 g/mol. The van der Waals surface area contributed by atoms with Crippen molar-refractivity contribution in [3.8, 4) is 17.9 Å². The molecule has 0 aliphatic carbocycles. The van der Waals surface area contributed by atoms with E-state index in [1.807, 2.05) is 25.3 Å². The van der Waals surface area contributed by atoms with Crippen LogP contribution >= 0.6 is 11.3 Å². The monoisotopic (exact) mass is 376 g/mol. The lowest BCUT2D eigenvalue weighted by molar-refractivity contribution is 0.409. The molecule has 1 aromatic carbocycles. The van der Waals surface area contributed by atoms with Crippen LogP contribution in [0.25, 0.3) is 5.57 Å². The zero-order valence-corrected chi connectivity index (χ0v) is 16.6. The first-order chi connectivity index (χ1) is 13.0. The van der Waals surface area contributed by atoms with E-state index < -0.39 is 0 Å². The summed E-state index contributed by atoms with van der Waals surface area (Å²) in [7, 11) is 1.58. The standard InChI is InChI=1S/C21H20N4OS/c1-5-17-20(21-24-12(2)11-27-21)19(16(10-23)13(3)25-17)15-7-6-14(9-22)8-18(15)26-4/h6-8,11,19,25H,5H2,1-4H3. The molecule has 1 aliphatic rings. The minimum absolute atomic E-state index is 0.292. The second-order valence-corrected chi connectivity index (χ2v) is 7.17. The van der Waals surface area contributed by atoms with Crippen molar-refractivity contribution in [1.29, 1.82) is 10.5 Å². The topological polar surface area (TPSA) is 81.7 Å². The van der Waals surface area contributed by atoms with Crippen molar-refractivity contribution in [2.45, 2.75) is 33.1 Å². The van der Waals surface area contributed by atoms with Gasteiger partial charge in [-0.2, -0.15) is 10.5 Å². The quantitative estimate of drug-likeness (QED) is 0.841. The van der Waals surface area contributed by atoms with Crippen molar-refractivity contribution in [3.63, 3.8) is 0 Å². The normalized spacial score (nSPS) is 16.6. The second-order valence-electron chi connectivity index (χ2n) is 6.32. The number of benzene rings is 1. The first-order valence-corrected chi connectivity index (χ1v) is 9.53. The Kier molecular flexibility index (Phi) is 5.30. The van der Waals surface area contributed by atoms with Gasteiger partial charge in [-0.1, -0.05) is 13.0 Å². The van der Waals surface area contributed by atoms with Crippen LogP contribution in [-0.4, -0.2) is 12.1 Å². The molecule has 2 aromatic rings. The number of ether oxygens (including phenoxy) is 1. The molecule has 0 radical (unpaired) electrons. The van der Waals surface area contributed by atoms with Gasteiger partial charge in [0.15, 0.2) is 0 Å². The van der Waals surface area contributed by atoms with Crippen molar-refractivity contribution in [2.75, 3.05) is 7.11 Å². The zero-order valence-electron chi connectivity index (χ0n) is 15.8. The van der Waals surface area contributed by atoms with Crippen LogP contribution in [0.15, 0.2) is 40.5 Å². The highest BCUT2D eigenvalue weighted by Gasteiger charge is 2.34. The van der Waals surface area contributed by atoms with E-state index >= 15 is 0 Å². The van der Waals surface area contributed by atoms with Crippen LogP contribution in [0.1, 0.15) is 48.0 Å². The van der Waals surface area contributed by atoms with Gasteiger partial charge in [0, 0.05) is 33.6 Å². The Morgan fingerprint density at radius 3 is 2.59 bits per heavy atom. The SMILES string of the molecule is CCC1=C(c2nc(C)cs2)C(c2ccc(C#N)cc2OC)C(C#N)=C(C)N1. The van der Waals surface area contributed by atoms with Gasteiger partial charge in [-0.05, 0) is 32.4 Å². The van der Waals surface area contributed by atoms with E-state index in [2.05, 4.69) is 29.4 Å². The van der Waals surface area contributed by atoms with E-state index in [1.54, 1.807) is 30.6 Å². The van der Waals surface area contributed by atoms with Gasteiger partial charge >= 0.3 is 0 Å². The Labute approximate surface area is 163 Å². The Hall–Kier alpha value is -3.09. The largest absolute Gasteiger partial charge is 0.496 e. The molecule has 0 spiro atoms. The fourth-order valence-corrected chi connectivity index (χ4v) is 4.28. The number of nitriles is 2. The van der Waals surface area contributed by atoms with Gasteiger partial charge in [0.05, 0.1) is 36.3 Å². The lowest BCUT2D eigenvalue weighted by Gasteiger charge is -2.30. The number of hydrogen-bond donors (Lipinski definition) is 1. The number of aromatic nitrogens is 1. The fraction of sp³-hybridized carbons (Fsp3) is 0.286. The van der Waals surface area contributed by atoms with Gasteiger partial charge in [-0.25, -0.2) is 4.98 Å². The van der Waals surface area contributed by atoms with Gasteiger partial charge in [0.2, 0.25) is 0 Å². The van der Waals surface area contributed by atoms with Crippen LogP contribution in [-0.2, 0) is 0 Å². The highest BCUT2D eigenvalue weighted by Crippen LogP contribution is 2.47. The number of hydrogen-bond acceptors (Lipinski definition) is 6. The van der Waals surface area contributed by atoms with E-state index in [4.69, 9.17) is 4.74 Å².